The fourth-order valence-corrected chi connectivity index (χ4v) is 4.25. The lowest BCUT2D eigenvalue weighted by Crippen LogP contribution is -2.49. The van der Waals surface area contributed by atoms with Gasteiger partial charge in [0.1, 0.15) is 6.04 Å². The van der Waals surface area contributed by atoms with Gasteiger partial charge in [-0.05, 0) is 28.8 Å². The van der Waals surface area contributed by atoms with Gasteiger partial charge in [0.25, 0.3) is 0 Å². The molecule has 0 aromatic heterocycles. The molecular formula is C20H21NO5S. The lowest BCUT2D eigenvalue weighted by Gasteiger charge is -2.34. The van der Waals surface area contributed by atoms with Crippen molar-refractivity contribution in [1.29, 1.82) is 0 Å². The minimum atomic E-state index is -3.36. The maximum absolute atomic E-state index is 12.8. The third-order valence-electron chi connectivity index (χ3n) is 4.85. The van der Waals surface area contributed by atoms with Gasteiger partial charge < -0.3 is 10.0 Å². The summed E-state index contributed by atoms with van der Waals surface area (Å²) in [6.45, 7) is 1.80. The van der Waals surface area contributed by atoms with E-state index in [-0.39, 0.29) is 35.9 Å². The molecule has 0 radical (unpaired) electrons. The van der Waals surface area contributed by atoms with Crippen molar-refractivity contribution < 1.29 is 23.1 Å². The van der Waals surface area contributed by atoms with E-state index in [1.54, 1.807) is 19.1 Å². The van der Waals surface area contributed by atoms with Gasteiger partial charge in [0.15, 0.2) is 9.84 Å². The van der Waals surface area contributed by atoms with E-state index in [4.69, 9.17) is 0 Å². The van der Waals surface area contributed by atoms with Crippen LogP contribution < -0.4 is 0 Å². The molecule has 1 aliphatic rings. The smallest absolute Gasteiger partial charge is 0.326 e. The van der Waals surface area contributed by atoms with Crippen molar-refractivity contribution >= 4 is 21.7 Å². The molecule has 0 bridgehead atoms. The van der Waals surface area contributed by atoms with Crippen LogP contribution in [0.2, 0.25) is 0 Å². The number of hydrogen-bond donors (Lipinski definition) is 1. The monoisotopic (exact) mass is 387 g/mol. The Kier molecular flexibility index (Phi) is 5.32. The Hall–Kier alpha value is -2.67. The second kappa shape index (κ2) is 7.52. The summed E-state index contributed by atoms with van der Waals surface area (Å²) in [7, 11) is -3.36. The maximum Gasteiger partial charge on any atom is 0.326 e. The lowest BCUT2D eigenvalue weighted by molar-refractivity contribution is -0.151. The Morgan fingerprint density at radius 1 is 1.11 bits per heavy atom. The van der Waals surface area contributed by atoms with Gasteiger partial charge in [-0.3, -0.25) is 4.79 Å². The van der Waals surface area contributed by atoms with Crippen LogP contribution in [0.4, 0.5) is 0 Å². The number of nitrogens with zero attached hydrogens (tertiary/aromatic N) is 1. The number of carboxylic acids is 1. The zero-order valence-corrected chi connectivity index (χ0v) is 15.8. The number of benzene rings is 2. The van der Waals surface area contributed by atoms with E-state index in [1.165, 1.54) is 17.0 Å². The van der Waals surface area contributed by atoms with Gasteiger partial charge >= 0.3 is 5.97 Å². The third kappa shape index (κ3) is 4.03. The lowest BCUT2D eigenvalue weighted by atomic mass is 9.93. The van der Waals surface area contributed by atoms with E-state index in [0.29, 0.717) is 5.56 Å². The van der Waals surface area contributed by atoms with Crippen LogP contribution in [0.25, 0.3) is 0 Å². The summed E-state index contributed by atoms with van der Waals surface area (Å²) in [5, 5.41) is 9.56. The Balaban J connectivity index is 1.85. The summed E-state index contributed by atoms with van der Waals surface area (Å²) in [5.41, 5.74) is 2.42. The Labute approximate surface area is 158 Å². The number of carbonyl (C=O) groups excluding carboxylic acids is 1. The van der Waals surface area contributed by atoms with Crippen molar-refractivity contribution in [3.05, 3.63) is 65.2 Å². The first-order valence-corrected chi connectivity index (χ1v) is 10.4. The topological polar surface area (TPSA) is 91.8 Å². The molecule has 3 rings (SSSR count). The highest BCUT2D eigenvalue weighted by Crippen LogP contribution is 2.24. The highest BCUT2D eigenvalue weighted by molar-refractivity contribution is 7.91. The number of fused-ring (bicyclic) bond motifs is 1. The van der Waals surface area contributed by atoms with Crippen LogP contribution in [0.15, 0.2) is 53.4 Å². The molecule has 1 amide bonds. The molecule has 7 heteroatoms. The van der Waals surface area contributed by atoms with Crippen LogP contribution in [0.5, 0.6) is 0 Å². The molecule has 2 aromatic rings. The average molecular weight is 387 g/mol. The highest BCUT2D eigenvalue weighted by Gasteiger charge is 2.34. The van der Waals surface area contributed by atoms with E-state index in [2.05, 4.69) is 0 Å². The summed E-state index contributed by atoms with van der Waals surface area (Å²) in [5.74, 6) is -1.39. The second-order valence-electron chi connectivity index (χ2n) is 6.58. The predicted molar refractivity (Wildman–Crippen MR) is 100.0 cm³/mol. The molecule has 1 N–H and O–H groups in total. The van der Waals surface area contributed by atoms with Crippen molar-refractivity contribution in [3.63, 3.8) is 0 Å². The van der Waals surface area contributed by atoms with E-state index < -0.39 is 21.8 Å². The summed E-state index contributed by atoms with van der Waals surface area (Å²) in [4.78, 5) is 26.1. The van der Waals surface area contributed by atoms with Gasteiger partial charge in [-0.15, -0.1) is 0 Å². The summed E-state index contributed by atoms with van der Waals surface area (Å²) < 4.78 is 24.1. The van der Waals surface area contributed by atoms with Crippen LogP contribution in [-0.2, 0) is 38.8 Å². The largest absolute Gasteiger partial charge is 0.480 e. The predicted octanol–water partition coefficient (Wildman–Crippen LogP) is 2.06. The zero-order chi connectivity index (χ0) is 19.6. The Morgan fingerprint density at radius 2 is 1.81 bits per heavy atom. The van der Waals surface area contributed by atoms with Crippen molar-refractivity contribution in [3.8, 4) is 0 Å². The van der Waals surface area contributed by atoms with Gasteiger partial charge in [0.05, 0.1) is 17.1 Å². The number of amides is 1. The molecule has 1 atom stereocenters. The Bertz CT molecular complexity index is 983. The molecule has 1 unspecified atom stereocenters. The van der Waals surface area contributed by atoms with Crippen molar-refractivity contribution in [2.45, 2.75) is 37.2 Å². The van der Waals surface area contributed by atoms with Gasteiger partial charge in [-0.2, -0.15) is 0 Å². The third-order valence-corrected chi connectivity index (χ3v) is 6.58. The van der Waals surface area contributed by atoms with Crippen molar-refractivity contribution in [2.24, 2.45) is 0 Å². The SMILES string of the molecule is CCS(=O)(=O)c1cccc(CC(=O)N2Cc3ccccc3CC2C(=O)O)c1. The molecule has 0 spiro atoms. The normalized spacial score (nSPS) is 16.6. The fourth-order valence-electron chi connectivity index (χ4n) is 3.30. The molecule has 0 fully saturated rings. The molecule has 6 nitrogen and oxygen atoms in total. The summed E-state index contributed by atoms with van der Waals surface area (Å²) in [6.07, 6.45) is 0.223. The van der Waals surface area contributed by atoms with E-state index >= 15 is 0 Å². The quantitative estimate of drug-likeness (QED) is 0.848. The molecule has 1 heterocycles. The zero-order valence-electron chi connectivity index (χ0n) is 15.0. The number of rotatable bonds is 5. The molecule has 0 saturated heterocycles. The number of hydrogen-bond acceptors (Lipinski definition) is 4. The highest BCUT2D eigenvalue weighted by atomic mass is 32.2. The molecular weight excluding hydrogens is 366 g/mol. The van der Waals surface area contributed by atoms with Crippen LogP contribution in [-0.4, -0.2) is 42.1 Å². The van der Waals surface area contributed by atoms with Gasteiger partial charge in [-0.25, -0.2) is 13.2 Å². The minimum absolute atomic E-state index is 0.0194. The average Bonchev–Trinajstić information content (AvgIpc) is 2.67. The van der Waals surface area contributed by atoms with Crippen molar-refractivity contribution in [1.82, 2.24) is 4.90 Å². The molecule has 27 heavy (non-hydrogen) atoms. The van der Waals surface area contributed by atoms with Gasteiger partial charge in [0.2, 0.25) is 5.91 Å². The first kappa shape index (κ1) is 19.1. The van der Waals surface area contributed by atoms with E-state index in [9.17, 15) is 23.1 Å². The van der Waals surface area contributed by atoms with Crippen LogP contribution >= 0.6 is 0 Å². The van der Waals surface area contributed by atoms with E-state index in [0.717, 1.165) is 11.1 Å². The van der Waals surface area contributed by atoms with Crippen LogP contribution in [0, 0.1) is 0 Å². The number of carbonyl (C=O) groups is 2. The van der Waals surface area contributed by atoms with Gasteiger partial charge in [-0.1, -0.05) is 43.3 Å². The van der Waals surface area contributed by atoms with Gasteiger partial charge in [0, 0.05) is 13.0 Å². The Morgan fingerprint density at radius 3 is 2.48 bits per heavy atom. The summed E-state index contributed by atoms with van der Waals surface area (Å²) in [6, 6.07) is 12.8. The van der Waals surface area contributed by atoms with Crippen molar-refractivity contribution in [2.75, 3.05) is 5.75 Å². The van der Waals surface area contributed by atoms with E-state index in [1.807, 2.05) is 24.3 Å². The first-order chi connectivity index (χ1) is 12.8. The number of sulfone groups is 1. The number of aliphatic carboxylic acids is 1. The summed E-state index contributed by atoms with van der Waals surface area (Å²) >= 11 is 0. The van der Waals surface area contributed by atoms with Crippen LogP contribution in [0.1, 0.15) is 23.6 Å². The molecule has 0 aliphatic carbocycles. The molecule has 1 aliphatic heterocycles. The second-order valence-corrected chi connectivity index (χ2v) is 8.85. The molecule has 0 saturated carbocycles. The number of carboxylic acid groups (broad SMARTS) is 1. The fraction of sp³-hybridized carbons (Fsp3) is 0.300. The first-order valence-electron chi connectivity index (χ1n) is 8.72. The standard InChI is InChI=1S/C20H21NO5S/c1-2-27(25,26)17-9-5-6-14(10-17)11-19(22)21-13-16-8-4-3-7-15(16)12-18(21)20(23)24/h3-10,18H,2,11-13H2,1H3,(H,23,24). The molecule has 2 aromatic carbocycles. The molecule has 142 valence electrons. The van der Waals surface area contributed by atoms with Crippen LogP contribution in [0.3, 0.4) is 0 Å². The minimum Gasteiger partial charge on any atom is -0.480 e. The maximum atomic E-state index is 12.8.